The van der Waals surface area contributed by atoms with Crippen LogP contribution in [0.15, 0.2) is 53.5 Å². The Morgan fingerprint density at radius 2 is 1.89 bits per heavy atom. The summed E-state index contributed by atoms with van der Waals surface area (Å²) in [7, 11) is 0. The van der Waals surface area contributed by atoms with Crippen LogP contribution in [0.2, 0.25) is 0 Å². The maximum absolute atomic E-state index is 12.9. The number of nitrogens with one attached hydrogen (secondary N) is 1. The summed E-state index contributed by atoms with van der Waals surface area (Å²) in [4.78, 5) is 26.7. The van der Waals surface area contributed by atoms with Gasteiger partial charge in [-0.2, -0.15) is 13.2 Å². The maximum atomic E-state index is 12.9. The first-order valence-corrected chi connectivity index (χ1v) is 7.97. The number of hydrogen-bond acceptors (Lipinski definition) is 6. The van der Waals surface area contributed by atoms with Crippen molar-refractivity contribution in [2.75, 3.05) is 18.5 Å². The highest BCUT2D eigenvalue weighted by atomic mass is 19.4. The third-order valence-electron chi connectivity index (χ3n) is 3.74. The molecule has 11 heteroatoms. The quantitative estimate of drug-likeness (QED) is 0.392. The van der Waals surface area contributed by atoms with Crippen molar-refractivity contribution in [1.29, 1.82) is 0 Å². The van der Waals surface area contributed by atoms with Crippen LogP contribution in [0, 0.1) is 10.1 Å². The van der Waals surface area contributed by atoms with E-state index >= 15 is 0 Å². The van der Waals surface area contributed by atoms with Gasteiger partial charge in [0.2, 0.25) is 5.82 Å². The van der Waals surface area contributed by atoms with Gasteiger partial charge in [-0.3, -0.25) is 19.3 Å². The molecule has 0 aliphatic carbocycles. The van der Waals surface area contributed by atoms with E-state index in [1.165, 1.54) is 36.5 Å². The third-order valence-corrected chi connectivity index (χ3v) is 3.74. The summed E-state index contributed by atoms with van der Waals surface area (Å²) in [5, 5.41) is 13.8. The van der Waals surface area contributed by atoms with Gasteiger partial charge in [0.1, 0.15) is 18.0 Å². The van der Waals surface area contributed by atoms with Crippen molar-refractivity contribution in [2.45, 2.75) is 6.18 Å². The molecule has 0 amide bonds. The molecule has 0 fully saturated rings. The Morgan fingerprint density at radius 3 is 2.61 bits per heavy atom. The van der Waals surface area contributed by atoms with Crippen LogP contribution in [-0.2, 0) is 6.18 Å². The molecule has 1 N–H and O–H groups in total. The molecule has 0 radical (unpaired) electrons. The number of alkyl halides is 3. The Balaban J connectivity index is 1.77. The SMILES string of the molecule is O=c1c([N+](=O)[O-])c(NCCOc2ccccc2C(F)(F)F)nc2ccccn12. The van der Waals surface area contributed by atoms with Gasteiger partial charge in [-0.25, -0.2) is 4.98 Å². The van der Waals surface area contributed by atoms with E-state index in [1.54, 1.807) is 6.07 Å². The number of rotatable bonds is 6. The number of nitro groups is 1. The molecule has 1 aromatic carbocycles. The van der Waals surface area contributed by atoms with Crippen molar-refractivity contribution in [2.24, 2.45) is 0 Å². The van der Waals surface area contributed by atoms with Gasteiger partial charge >= 0.3 is 17.4 Å². The minimum atomic E-state index is -4.57. The second kappa shape index (κ2) is 7.55. The molecule has 0 unspecified atom stereocenters. The lowest BCUT2D eigenvalue weighted by Crippen LogP contribution is -2.22. The van der Waals surface area contributed by atoms with Crippen molar-refractivity contribution < 1.29 is 22.8 Å². The number of benzene rings is 1. The van der Waals surface area contributed by atoms with E-state index in [0.29, 0.717) is 0 Å². The summed E-state index contributed by atoms with van der Waals surface area (Å²) in [6, 6.07) is 9.32. The van der Waals surface area contributed by atoms with Crippen molar-refractivity contribution in [1.82, 2.24) is 9.38 Å². The number of ether oxygens (including phenoxy) is 1. The first-order valence-electron chi connectivity index (χ1n) is 7.97. The number of halogens is 3. The number of nitrogens with zero attached hydrogens (tertiary/aromatic N) is 3. The molecule has 3 rings (SSSR count). The zero-order chi connectivity index (χ0) is 20.3. The predicted octanol–water partition coefficient (Wildman–Crippen LogP) is 3.11. The fraction of sp³-hybridized carbons (Fsp3) is 0.176. The van der Waals surface area contributed by atoms with E-state index < -0.39 is 27.9 Å². The summed E-state index contributed by atoms with van der Waals surface area (Å²) in [6.45, 7) is -0.345. The standard InChI is InChI=1S/C17H13F3N4O4/c18-17(19,20)11-5-1-2-6-12(11)28-10-8-21-15-14(24(26)27)16(25)23-9-4-3-7-13(23)22-15/h1-7,9,21H,8,10H2. The van der Waals surface area contributed by atoms with E-state index in [9.17, 15) is 28.1 Å². The number of para-hydroxylation sites is 1. The van der Waals surface area contributed by atoms with Crippen LogP contribution in [0.4, 0.5) is 24.7 Å². The normalized spacial score (nSPS) is 11.4. The molecule has 28 heavy (non-hydrogen) atoms. The largest absolute Gasteiger partial charge is 0.491 e. The highest BCUT2D eigenvalue weighted by Crippen LogP contribution is 2.35. The molecule has 0 aliphatic rings. The topological polar surface area (TPSA) is 98.8 Å². The average molecular weight is 394 g/mol. The lowest BCUT2D eigenvalue weighted by atomic mass is 10.2. The molecule has 0 saturated heterocycles. The van der Waals surface area contributed by atoms with Crippen molar-refractivity contribution >= 4 is 17.2 Å². The Labute approximate surface area is 155 Å². The fourth-order valence-electron chi connectivity index (χ4n) is 2.52. The molecule has 146 valence electrons. The monoisotopic (exact) mass is 394 g/mol. The molecule has 2 heterocycles. The van der Waals surface area contributed by atoms with Crippen LogP contribution >= 0.6 is 0 Å². The smallest absolute Gasteiger partial charge is 0.419 e. The highest BCUT2D eigenvalue weighted by Gasteiger charge is 2.34. The van der Waals surface area contributed by atoms with Gasteiger partial charge in [0.25, 0.3) is 0 Å². The number of fused-ring (bicyclic) bond motifs is 1. The third kappa shape index (κ3) is 3.87. The van der Waals surface area contributed by atoms with Crippen molar-refractivity contribution in [3.63, 3.8) is 0 Å². The second-order valence-electron chi connectivity index (χ2n) is 5.57. The Hall–Kier alpha value is -3.63. The van der Waals surface area contributed by atoms with Crippen LogP contribution in [0.3, 0.4) is 0 Å². The molecular weight excluding hydrogens is 381 g/mol. The van der Waals surface area contributed by atoms with Gasteiger partial charge in [-0.1, -0.05) is 18.2 Å². The summed E-state index contributed by atoms with van der Waals surface area (Å²) in [5.74, 6) is -0.647. The summed E-state index contributed by atoms with van der Waals surface area (Å²) in [6.07, 6.45) is -3.23. The first-order chi connectivity index (χ1) is 13.3. The van der Waals surface area contributed by atoms with Crippen molar-refractivity contribution in [3.05, 3.63) is 74.7 Å². The fourth-order valence-corrected chi connectivity index (χ4v) is 2.52. The molecule has 0 bridgehead atoms. The van der Waals surface area contributed by atoms with Crippen LogP contribution < -0.4 is 15.6 Å². The van der Waals surface area contributed by atoms with Gasteiger partial charge < -0.3 is 10.1 Å². The van der Waals surface area contributed by atoms with E-state index in [1.807, 2.05) is 0 Å². The molecule has 0 spiro atoms. The second-order valence-corrected chi connectivity index (χ2v) is 5.57. The Morgan fingerprint density at radius 1 is 1.18 bits per heavy atom. The molecule has 0 saturated carbocycles. The van der Waals surface area contributed by atoms with Crippen molar-refractivity contribution in [3.8, 4) is 5.75 Å². The summed E-state index contributed by atoms with van der Waals surface area (Å²) in [5.41, 5.74) is -2.38. The van der Waals surface area contributed by atoms with Crippen LogP contribution in [-0.4, -0.2) is 27.5 Å². The summed E-state index contributed by atoms with van der Waals surface area (Å²) >= 11 is 0. The number of hydrogen-bond donors (Lipinski definition) is 1. The average Bonchev–Trinajstić information content (AvgIpc) is 2.64. The number of anilines is 1. The van der Waals surface area contributed by atoms with E-state index in [2.05, 4.69) is 10.3 Å². The Kier molecular flexibility index (Phi) is 5.16. The number of aromatic nitrogens is 2. The molecule has 3 aromatic rings. The molecule has 2 aromatic heterocycles. The van der Waals surface area contributed by atoms with E-state index in [-0.39, 0.29) is 30.4 Å². The van der Waals surface area contributed by atoms with Gasteiger partial charge in [-0.15, -0.1) is 0 Å². The van der Waals surface area contributed by atoms with Gasteiger partial charge in [-0.05, 0) is 24.3 Å². The lowest BCUT2D eigenvalue weighted by Gasteiger charge is -2.14. The van der Waals surface area contributed by atoms with Crippen LogP contribution in [0.25, 0.3) is 5.65 Å². The maximum Gasteiger partial charge on any atom is 0.419 e. The molecule has 8 nitrogen and oxygen atoms in total. The number of pyridine rings is 1. The summed E-state index contributed by atoms with van der Waals surface area (Å²) < 4.78 is 45.0. The molecular formula is C17H13F3N4O4. The minimum Gasteiger partial charge on any atom is -0.491 e. The van der Waals surface area contributed by atoms with E-state index in [0.717, 1.165) is 10.5 Å². The van der Waals surface area contributed by atoms with E-state index in [4.69, 9.17) is 4.74 Å². The lowest BCUT2D eigenvalue weighted by molar-refractivity contribution is -0.385. The predicted molar refractivity (Wildman–Crippen MR) is 93.5 cm³/mol. The Bertz CT molecular complexity index is 1080. The first kappa shape index (κ1) is 19.1. The van der Waals surface area contributed by atoms with Gasteiger partial charge in [0.05, 0.1) is 17.0 Å². The zero-order valence-electron chi connectivity index (χ0n) is 14.1. The highest BCUT2D eigenvalue weighted by molar-refractivity contribution is 5.59. The van der Waals surface area contributed by atoms with Gasteiger partial charge in [0.15, 0.2) is 0 Å². The van der Waals surface area contributed by atoms with Crippen LogP contribution in [0.1, 0.15) is 5.56 Å². The molecule has 0 aliphatic heterocycles. The molecule has 0 atom stereocenters. The van der Waals surface area contributed by atoms with Gasteiger partial charge in [0, 0.05) is 6.20 Å². The zero-order valence-corrected chi connectivity index (χ0v) is 14.1. The minimum absolute atomic E-state index is 0.109. The van der Waals surface area contributed by atoms with Crippen LogP contribution in [0.5, 0.6) is 5.75 Å².